The lowest BCUT2D eigenvalue weighted by molar-refractivity contribution is -0.138. The molecule has 124 valence electrons. The van der Waals surface area contributed by atoms with Crippen LogP contribution in [0.15, 0.2) is 22.8 Å². The van der Waals surface area contributed by atoms with Gasteiger partial charge in [0.05, 0.1) is 5.92 Å². The summed E-state index contributed by atoms with van der Waals surface area (Å²) >= 11 is 3.43. The van der Waals surface area contributed by atoms with E-state index in [0.29, 0.717) is 32.5 Å². The van der Waals surface area contributed by atoms with Crippen LogP contribution in [-0.2, 0) is 22.6 Å². The number of nitrogens with zero attached hydrogens (tertiary/aromatic N) is 3. The van der Waals surface area contributed by atoms with Crippen LogP contribution >= 0.6 is 15.9 Å². The first-order valence-electron chi connectivity index (χ1n) is 8.10. The predicted molar refractivity (Wildman–Crippen MR) is 92.1 cm³/mol. The molecule has 24 heavy (non-hydrogen) atoms. The smallest absolute Gasteiger partial charge is 0.227 e. The number of pyridine rings is 2. The van der Waals surface area contributed by atoms with Gasteiger partial charge in [0.1, 0.15) is 0 Å². The standard InChI is InChI=1S/C17H17BrN4O2/c18-13-6-11-5-12-9-22(4-3-14(12)21-16(11)20-8-13)17(24)10-1-2-15(23)19-7-10/h5-6,8,10H,1-4,7,9H2,(H,19,23). The van der Waals surface area contributed by atoms with E-state index in [1.165, 1.54) is 0 Å². The lowest BCUT2D eigenvalue weighted by atomic mass is 9.95. The van der Waals surface area contributed by atoms with Gasteiger partial charge in [-0.15, -0.1) is 0 Å². The molecule has 2 aromatic heterocycles. The molecule has 2 amide bonds. The quantitative estimate of drug-likeness (QED) is 0.807. The number of rotatable bonds is 1. The Hall–Kier alpha value is -2.02. The summed E-state index contributed by atoms with van der Waals surface area (Å²) in [5, 5.41) is 3.76. The highest BCUT2D eigenvalue weighted by Gasteiger charge is 2.30. The highest BCUT2D eigenvalue weighted by molar-refractivity contribution is 9.10. The Morgan fingerprint density at radius 1 is 1.33 bits per heavy atom. The normalized spacial score (nSPS) is 20.6. The van der Waals surface area contributed by atoms with Gasteiger partial charge in [0.2, 0.25) is 11.8 Å². The molecule has 1 atom stereocenters. The van der Waals surface area contributed by atoms with Gasteiger partial charge in [-0.25, -0.2) is 9.97 Å². The summed E-state index contributed by atoms with van der Waals surface area (Å²) in [6, 6.07) is 4.07. The van der Waals surface area contributed by atoms with E-state index in [0.717, 1.165) is 33.2 Å². The second-order valence-electron chi connectivity index (χ2n) is 6.34. The van der Waals surface area contributed by atoms with Gasteiger partial charge in [-0.3, -0.25) is 9.59 Å². The van der Waals surface area contributed by atoms with Gasteiger partial charge >= 0.3 is 0 Å². The van der Waals surface area contributed by atoms with Gasteiger partial charge in [-0.1, -0.05) is 0 Å². The van der Waals surface area contributed by atoms with Crippen molar-refractivity contribution in [2.75, 3.05) is 13.1 Å². The molecule has 1 unspecified atom stereocenters. The van der Waals surface area contributed by atoms with Gasteiger partial charge in [-0.05, 0) is 40.0 Å². The Morgan fingerprint density at radius 2 is 2.21 bits per heavy atom. The molecule has 7 heteroatoms. The SMILES string of the molecule is O=C1CCC(C(=O)N2CCc3nc4ncc(Br)cc4cc3C2)CN1. The van der Waals surface area contributed by atoms with E-state index >= 15 is 0 Å². The molecule has 1 N–H and O–H groups in total. The largest absolute Gasteiger partial charge is 0.355 e. The van der Waals surface area contributed by atoms with Crippen LogP contribution in [-0.4, -0.2) is 39.8 Å². The highest BCUT2D eigenvalue weighted by Crippen LogP contribution is 2.25. The number of hydrogen-bond donors (Lipinski definition) is 1. The number of fused-ring (bicyclic) bond motifs is 2. The maximum atomic E-state index is 12.7. The Morgan fingerprint density at radius 3 is 3.00 bits per heavy atom. The lowest BCUT2D eigenvalue weighted by Crippen LogP contribution is -2.46. The second kappa shape index (κ2) is 6.12. The average molecular weight is 389 g/mol. The van der Waals surface area contributed by atoms with Crippen molar-refractivity contribution in [1.82, 2.24) is 20.2 Å². The number of carbonyl (C=O) groups is 2. The van der Waals surface area contributed by atoms with Crippen LogP contribution in [0.25, 0.3) is 11.0 Å². The minimum atomic E-state index is -0.103. The van der Waals surface area contributed by atoms with Gasteiger partial charge in [-0.2, -0.15) is 0 Å². The number of carbonyl (C=O) groups excluding carboxylic acids is 2. The summed E-state index contributed by atoms with van der Waals surface area (Å²) < 4.78 is 0.915. The summed E-state index contributed by atoms with van der Waals surface area (Å²) in [7, 11) is 0. The molecular formula is C17H17BrN4O2. The Bertz CT molecular complexity index is 829. The van der Waals surface area contributed by atoms with Crippen molar-refractivity contribution >= 4 is 38.8 Å². The van der Waals surface area contributed by atoms with E-state index < -0.39 is 0 Å². The van der Waals surface area contributed by atoms with Crippen molar-refractivity contribution in [2.24, 2.45) is 5.92 Å². The molecule has 0 saturated carbocycles. The van der Waals surface area contributed by atoms with E-state index in [2.05, 4.69) is 37.3 Å². The van der Waals surface area contributed by atoms with E-state index in [1.54, 1.807) is 6.20 Å². The molecular weight excluding hydrogens is 372 g/mol. The predicted octanol–water partition coefficient (Wildman–Crippen LogP) is 1.80. The first-order chi connectivity index (χ1) is 11.6. The van der Waals surface area contributed by atoms with Crippen LogP contribution < -0.4 is 5.32 Å². The average Bonchev–Trinajstić information content (AvgIpc) is 2.59. The summed E-state index contributed by atoms with van der Waals surface area (Å²) in [6.45, 7) is 1.70. The second-order valence-corrected chi connectivity index (χ2v) is 7.26. The van der Waals surface area contributed by atoms with Crippen molar-refractivity contribution < 1.29 is 9.59 Å². The molecule has 0 aliphatic carbocycles. The van der Waals surface area contributed by atoms with Gasteiger partial charge in [0, 0.05) is 54.2 Å². The number of aromatic nitrogens is 2. The van der Waals surface area contributed by atoms with Crippen LogP contribution in [0.5, 0.6) is 0 Å². The van der Waals surface area contributed by atoms with Crippen molar-refractivity contribution in [3.63, 3.8) is 0 Å². The van der Waals surface area contributed by atoms with E-state index in [-0.39, 0.29) is 17.7 Å². The van der Waals surface area contributed by atoms with Gasteiger partial charge < -0.3 is 10.2 Å². The first-order valence-corrected chi connectivity index (χ1v) is 8.89. The van der Waals surface area contributed by atoms with Crippen molar-refractivity contribution in [3.8, 4) is 0 Å². The molecule has 4 heterocycles. The summed E-state index contributed by atoms with van der Waals surface area (Å²) in [5.74, 6) is 0.0679. The first kappa shape index (κ1) is 15.5. The molecule has 2 aliphatic rings. The number of halogens is 1. The van der Waals surface area contributed by atoms with E-state index in [1.807, 2.05) is 11.0 Å². The van der Waals surface area contributed by atoms with Crippen LogP contribution in [0.3, 0.4) is 0 Å². The fourth-order valence-corrected chi connectivity index (χ4v) is 3.74. The van der Waals surface area contributed by atoms with E-state index in [9.17, 15) is 9.59 Å². The Kier molecular flexibility index (Phi) is 3.96. The van der Waals surface area contributed by atoms with Crippen molar-refractivity contribution in [2.45, 2.75) is 25.8 Å². The van der Waals surface area contributed by atoms with Gasteiger partial charge in [0.25, 0.3) is 0 Å². The molecule has 2 aromatic rings. The zero-order valence-electron chi connectivity index (χ0n) is 13.1. The maximum Gasteiger partial charge on any atom is 0.227 e. The summed E-state index contributed by atoms with van der Waals surface area (Å²) in [4.78, 5) is 34.9. The summed E-state index contributed by atoms with van der Waals surface area (Å²) in [5.41, 5.74) is 2.85. The zero-order chi connectivity index (χ0) is 16.7. The number of piperidine rings is 1. The fraction of sp³-hybridized carbons (Fsp3) is 0.412. The zero-order valence-corrected chi connectivity index (χ0v) is 14.7. The number of amides is 2. The molecule has 2 aliphatic heterocycles. The third-order valence-electron chi connectivity index (χ3n) is 4.71. The minimum absolute atomic E-state index is 0.0387. The van der Waals surface area contributed by atoms with Gasteiger partial charge in [0.15, 0.2) is 5.65 Å². The van der Waals surface area contributed by atoms with Crippen LogP contribution in [0, 0.1) is 5.92 Å². The van der Waals surface area contributed by atoms with Crippen LogP contribution in [0.2, 0.25) is 0 Å². The molecule has 0 aromatic carbocycles. The Balaban J connectivity index is 1.56. The molecule has 6 nitrogen and oxygen atoms in total. The summed E-state index contributed by atoms with van der Waals surface area (Å²) in [6.07, 6.45) is 3.57. The van der Waals surface area contributed by atoms with E-state index in [4.69, 9.17) is 0 Å². The topological polar surface area (TPSA) is 75.2 Å². The number of nitrogens with one attached hydrogen (secondary N) is 1. The fourth-order valence-electron chi connectivity index (χ4n) is 3.39. The van der Waals surface area contributed by atoms with Crippen LogP contribution in [0.1, 0.15) is 24.1 Å². The van der Waals surface area contributed by atoms with Crippen LogP contribution in [0.4, 0.5) is 0 Å². The van der Waals surface area contributed by atoms with Crippen molar-refractivity contribution in [3.05, 3.63) is 34.1 Å². The third-order valence-corrected chi connectivity index (χ3v) is 5.14. The molecule has 0 radical (unpaired) electrons. The maximum absolute atomic E-state index is 12.7. The third kappa shape index (κ3) is 2.88. The molecule has 0 bridgehead atoms. The highest BCUT2D eigenvalue weighted by atomic mass is 79.9. The monoisotopic (exact) mass is 388 g/mol. The molecule has 0 spiro atoms. The number of hydrogen-bond acceptors (Lipinski definition) is 4. The molecule has 1 fully saturated rings. The molecule has 4 rings (SSSR count). The molecule has 1 saturated heterocycles. The Labute approximate surface area is 147 Å². The van der Waals surface area contributed by atoms with Crippen molar-refractivity contribution in [1.29, 1.82) is 0 Å². The minimum Gasteiger partial charge on any atom is -0.355 e. The lowest BCUT2D eigenvalue weighted by Gasteiger charge is -2.32.